The third-order valence-electron chi connectivity index (χ3n) is 2.03. The second kappa shape index (κ2) is 3.88. The van der Waals surface area contributed by atoms with Crippen LogP contribution in [0.3, 0.4) is 0 Å². The van der Waals surface area contributed by atoms with Crippen LogP contribution in [-0.2, 0) is 5.41 Å². The summed E-state index contributed by atoms with van der Waals surface area (Å²) in [6.45, 7) is 6.31. The first-order chi connectivity index (χ1) is 6.36. The maximum atomic E-state index is 5.97. The first kappa shape index (κ1) is 11.5. The lowest BCUT2D eigenvalue weighted by atomic mass is 9.84. The summed E-state index contributed by atoms with van der Waals surface area (Å²) < 4.78 is 0. The minimum Gasteiger partial charge on any atom is -0.142 e. The van der Waals surface area contributed by atoms with Gasteiger partial charge in [-0.2, -0.15) is 0 Å². The maximum Gasteiger partial charge on any atom is 0.0420 e. The Morgan fingerprint density at radius 2 is 1.93 bits per heavy atom. The highest BCUT2D eigenvalue weighted by Crippen LogP contribution is 2.32. The highest BCUT2D eigenvalue weighted by atomic mass is 35.5. The van der Waals surface area contributed by atoms with Gasteiger partial charge in [0.1, 0.15) is 0 Å². The van der Waals surface area contributed by atoms with E-state index in [1.54, 1.807) is 6.07 Å². The average molecular weight is 225 g/mol. The van der Waals surface area contributed by atoms with Crippen molar-refractivity contribution >= 4 is 24.2 Å². The van der Waals surface area contributed by atoms with Gasteiger partial charge in [0.2, 0.25) is 0 Å². The van der Waals surface area contributed by atoms with Crippen molar-refractivity contribution < 1.29 is 0 Å². The van der Waals surface area contributed by atoms with Crippen LogP contribution in [0.5, 0.6) is 0 Å². The van der Waals surface area contributed by atoms with E-state index < -0.39 is 0 Å². The van der Waals surface area contributed by atoms with E-state index in [1.165, 1.54) is 0 Å². The fraction of sp³-hybridized carbons (Fsp3) is 0.333. The number of hydrogen-bond donors (Lipinski definition) is 1. The molecule has 0 amide bonds. The lowest BCUT2D eigenvalue weighted by molar-refractivity contribution is 0.587. The number of rotatable bonds is 0. The molecule has 0 fully saturated rings. The van der Waals surface area contributed by atoms with E-state index >= 15 is 0 Å². The minimum atomic E-state index is -0.00984. The van der Waals surface area contributed by atoms with Gasteiger partial charge in [0.15, 0.2) is 0 Å². The third kappa shape index (κ3) is 2.26. The van der Waals surface area contributed by atoms with Gasteiger partial charge >= 0.3 is 0 Å². The Bertz CT molecular complexity index is 394. The zero-order chi connectivity index (χ0) is 10.9. The van der Waals surface area contributed by atoms with E-state index in [9.17, 15) is 0 Å². The molecule has 2 heteroatoms. The summed E-state index contributed by atoms with van der Waals surface area (Å²) in [6.07, 6.45) is 5.46. The molecule has 1 rings (SSSR count). The Hall–Kier alpha value is -0.580. The first-order valence-electron chi connectivity index (χ1n) is 4.36. The van der Waals surface area contributed by atoms with Gasteiger partial charge in [-0.1, -0.05) is 38.3 Å². The number of benzene rings is 1. The highest BCUT2D eigenvalue weighted by molar-refractivity contribution is 7.80. The normalized spacial score (nSPS) is 11.1. The summed E-state index contributed by atoms with van der Waals surface area (Å²) in [5.41, 5.74) is 1.90. The number of terminal acetylenes is 1. The SMILES string of the molecule is C#Cc1c(S)cc(Cl)cc1C(C)(C)C. The van der Waals surface area contributed by atoms with Gasteiger partial charge < -0.3 is 0 Å². The topological polar surface area (TPSA) is 0 Å². The Kier molecular flexibility index (Phi) is 3.19. The van der Waals surface area contributed by atoms with Crippen LogP contribution in [0, 0.1) is 12.3 Å². The smallest absolute Gasteiger partial charge is 0.0420 e. The van der Waals surface area contributed by atoms with Crippen LogP contribution in [0.25, 0.3) is 0 Å². The molecule has 0 radical (unpaired) electrons. The third-order valence-corrected chi connectivity index (χ3v) is 2.61. The molecule has 0 unspecified atom stereocenters. The fourth-order valence-corrected chi connectivity index (χ4v) is 1.95. The Balaban J connectivity index is 3.50. The summed E-state index contributed by atoms with van der Waals surface area (Å²) in [6, 6.07) is 3.69. The zero-order valence-electron chi connectivity index (χ0n) is 8.56. The molecule has 1 aromatic carbocycles. The van der Waals surface area contributed by atoms with Crippen molar-refractivity contribution in [2.24, 2.45) is 0 Å². The van der Waals surface area contributed by atoms with Gasteiger partial charge in [0, 0.05) is 15.5 Å². The van der Waals surface area contributed by atoms with Crippen molar-refractivity contribution in [3.63, 3.8) is 0 Å². The molecule has 0 aliphatic heterocycles. The minimum absolute atomic E-state index is 0.00984. The van der Waals surface area contributed by atoms with Gasteiger partial charge in [-0.15, -0.1) is 19.1 Å². The van der Waals surface area contributed by atoms with Crippen LogP contribution in [0.15, 0.2) is 17.0 Å². The molecule has 0 aliphatic carbocycles. The molecule has 0 aliphatic rings. The van der Waals surface area contributed by atoms with Crippen molar-refractivity contribution in [2.75, 3.05) is 0 Å². The lowest BCUT2D eigenvalue weighted by Crippen LogP contribution is -2.13. The van der Waals surface area contributed by atoms with Crippen LogP contribution >= 0.6 is 24.2 Å². The van der Waals surface area contributed by atoms with Crippen LogP contribution in [-0.4, -0.2) is 0 Å². The molecule has 0 heterocycles. The summed E-state index contributed by atoms with van der Waals surface area (Å²) in [5.74, 6) is 2.66. The second-order valence-electron chi connectivity index (χ2n) is 4.24. The maximum absolute atomic E-state index is 5.97. The molecule has 0 spiro atoms. The summed E-state index contributed by atoms with van der Waals surface area (Å²) in [4.78, 5) is 0.768. The number of halogens is 1. The summed E-state index contributed by atoms with van der Waals surface area (Å²) in [7, 11) is 0. The number of thiol groups is 1. The molecule has 0 bridgehead atoms. The number of hydrogen-bond acceptors (Lipinski definition) is 1. The fourth-order valence-electron chi connectivity index (χ4n) is 1.34. The largest absolute Gasteiger partial charge is 0.142 e. The quantitative estimate of drug-likeness (QED) is 0.502. The van der Waals surface area contributed by atoms with Crippen molar-refractivity contribution in [3.05, 3.63) is 28.3 Å². The van der Waals surface area contributed by atoms with Crippen molar-refractivity contribution in [2.45, 2.75) is 31.1 Å². The van der Waals surface area contributed by atoms with E-state index in [4.69, 9.17) is 18.0 Å². The standard InChI is InChI=1S/C12H13ClS/c1-5-9-10(12(2,3)4)6-8(13)7-11(9)14/h1,6-7,14H,2-4H3. The van der Waals surface area contributed by atoms with Crippen LogP contribution in [0.2, 0.25) is 5.02 Å². The molecule has 0 atom stereocenters. The molecule has 0 saturated carbocycles. The van der Waals surface area contributed by atoms with Gasteiger partial charge in [0.25, 0.3) is 0 Å². The molecule has 74 valence electrons. The monoisotopic (exact) mass is 224 g/mol. The Labute approximate surface area is 96.1 Å². The van der Waals surface area contributed by atoms with Crippen LogP contribution in [0.4, 0.5) is 0 Å². The van der Waals surface area contributed by atoms with Gasteiger partial charge in [-0.05, 0) is 23.1 Å². The molecular formula is C12H13ClS. The van der Waals surface area contributed by atoms with Crippen molar-refractivity contribution in [1.82, 2.24) is 0 Å². The second-order valence-corrected chi connectivity index (χ2v) is 5.16. The molecule has 14 heavy (non-hydrogen) atoms. The average Bonchev–Trinajstić information content (AvgIpc) is 2.01. The summed E-state index contributed by atoms with van der Waals surface area (Å²) >= 11 is 10.3. The molecule has 0 N–H and O–H groups in total. The first-order valence-corrected chi connectivity index (χ1v) is 5.18. The molecule has 0 nitrogen and oxygen atoms in total. The molecular weight excluding hydrogens is 212 g/mol. The highest BCUT2D eigenvalue weighted by Gasteiger charge is 2.19. The van der Waals surface area contributed by atoms with Crippen LogP contribution in [0.1, 0.15) is 31.9 Å². The van der Waals surface area contributed by atoms with Crippen molar-refractivity contribution in [1.29, 1.82) is 0 Å². The van der Waals surface area contributed by atoms with Crippen LogP contribution < -0.4 is 0 Å². The van der Waals surface area contributed by atoms with Gasteiger partial charge in [-0.25, -0.2) is 0 Å². The molecule has 1 aromatic rings. The van der Waals surface area contributed by atoms with E-state index in [0.29, 0.717) is 5.02 Å². The van der Waals surface area contributed by atoms with E-state index in [0.717, 1.165) is 16.0 Å². The Morgan fingerprint density at radius 1 is 1.36 bits per heavy atom. The lowest BCUT2D eigenvalue weighted by Gasteiger charge is -2.22. The summed E-state index contributed by atoms with van der Waals surface area (Å²) in [5, 5.41) is 0.680. The van der Waals surface area contributed by atoms with Gasteiger partial charge in [-0.3, -0.25) is 0 Å². The van der Waals surface area contributed by atoms with Crippen molar-refractivity contribution in [3.8, 4) is 12.3 Å². The van der Waals surface area contributed by atoms with E-state index in [2.05, 4.69) is 39.3 Å². The Morgan fingerprint density at radius 3 is 2.36 bits per heavy atom. The predicted molar refractivity (Wildman–Crippen MR) is 65.3 cm³/mol. The predicted octanol–water partition coefficient (Wildman–Crippen LogP) is 3.91. The zero-order valence-corrected chi connectivity index (χ0v) is 10.2. The molecule has 0 aromatic heterocycles. The molecule has 0 saturated heterocycles. The van der Waals surface area contributed by atoms with E-state index in [1.807, 2.05) is 6.07 Å². The van der Waals surface area contributed by atoms with E-state index in [-0.39, 0.29) is 5.41 Å². The van der Waals surface area contributed by atoms with Gasteiger partial charge in [0.05, 0.1) is 0 Å².